The number of fused-ring (bicyclic) bond motifs is 14. The summed E-state index contributed by atoms with van der Waals surface area (Å²) >= 11 is 0. The van der Waals surface area contributed by atoms with Gasteiger partial charge in [-0.1, -0.05) is 485 Å². The first-order valence-electron chi connectivity index (χ1n) is 44.0. The maximum Gasteiger partial charge on any atom is 0.171 e. The van der Waals surface area contributed by atoms with Crippen molar-refractivity contribution < 1.29 is 18.3 Å². The standard InChI is InChI=1S/C34H23OP.C32H21OP.C30H21OP.C26H19OP/c35-36(25-12-3-1-4-13-25,26-14-5-2-6-15-26)27-16-9-11-24(23-27)28-21-22-33-30-18-8-7-17-29(30)32-20-10-19-31(28)34(32)33;33-34(23-12-3-1-4-13-23,24-14-5-2-6-15-24)30-21-20-28-26-17-8-11-22-10-7-16-25(31(22)26)27-18-9-19-29(30)32(27)28;31-32(22-11-3-1-4-12-22,23-13-5-2-6-14-23)24-19-20-29-27-17-8-7-15-25(27)26-16-9-10-18-28(26)30(29)21-24;27-28(21-12-3-1-4-13-21,22-14-5-2-6-15-22)26-19-20-11-7-8-16-23(20)24-17-9-10-18-25(24)26/h1-23H;1-21H;1-21H;1-19H. The van der Waals surface area contributed by atoms with Crippen LogP contribution in [0, 0.1) is 0 Å². The molecule has 0 spiro atoms. The Kier molecular flexibility index (Phi) is 21.2. The summed E-state index contributed by atoms with van der Waals surface area (Å²) in [4.78, 5) is 0. The first-order valence-corrected chi connectivity index (χ1v) is 50.8. The average molecular weight is 1740 g/mol. The third kappa shape index (κ3) is 13.8. The Morgan fingerprint density at radius 3 is 0.885 bits per heavy atom. The van der Waals surface area contributed by atoms with Crippen molar-refractivity contribution in [1.82, 2.24) is 0 Å². The lowest BCUT2D eigenvalue weighted by Crippen LogP contribution is -2.25. The second-order valence-electron chi connectivity index (χ2n) is 33.2. The predicted octanol–water partition coefficient (Wildman–Crippen LogP) is 27.6. The van der Waals surface area contributed by atoms with Crippen LogP contribution in [0.4, 0.5) is 0 Å². The summed E-state index contributed by atoms with van der Waals surface area (Å²) in [7, 11) is -12.2. The van der Waals surface area contributed by atoms with E-state index in [1.165, 1.54) is 103 Å². The van der Waals surface area contributed by atoms with Crippen molar-refractivity contribution in [2.24, 2.45) is 0 Å². The molecule has 0 N–H and O–H groups in total. The zero-order valence-electron chi connectivity index (χ0n) is 70.9. The molecule has 0 radical (unpaired) electrons. The van der Waals surface area contributed by atoms with Gasteiger partial charge in [0.25, 0.3) is 0 Å². The summed E-state index contributed by atoms with van der Waals surface area (Å²) < 4.78 is 59.9. The molecule has 0 saturated carbocycles. The molecular formula is C122H84O4P4. The molecule has 0 aliphatic heterocycles. The summed E-state index contributed by atoms with van der Waals surface area (Å²) in [6.45, 7) is 0. The van der Waals surface area contributed by atoms with E-state index >= 15 is 4.57 Å². The number of rotatable bonds is 13. The van der Waals surface area contributed by atoms with Gasteiger partial charge in [-0.25, -0.2) is 0 Å². The van der Waals surface area contributed by atoms with Crippen LogP contribution in [0.2, 0.25) is 0 Å². The van der Waals surface area contributed by atoms with Gasteiger partial charge in [-0.2, -0.15) is 0 Å². The Morgan fingerprint density at radius 1 is 0.123 bits per heavy atom. The minimum atomic E-state index is -3.09. The van der Waals surface area contributed by atoms with Crippen LogP contribution in [-0.4, -0.2) is 0 Å². The van der Waals surface area contributed by atoms with Crippen molar-refractivity contribution in [3.63, 3.8) is 0 Å². The van der Waals surface area contributed by atoms with Crippen molar-refractivity contribution in [2.75, 3.05) is 0 Å². The minimum absolute atomic E-state index is 0.851. The SMILES string of the molecule is O=P(c1ccccc1)(c1ccccc1)c1cc2ccccc2c2ccccc12.O=P(c1ccccc1)(c1ccccc1)c1ccc2c3cccc4cccc(c5cccc1c52)c43.O=P(c1ccccc1)(c1ccccc1)c1ccc2c3ccccc3c3ccccc3c2c1.O=P(c1ccccc1)(c1ccccc1)c1cccc(-c2ccc3c4c(cccc24)-c2ccccc2-3)c1. The molecular weight excluding hydrogens is 1650 g/mol. The van der Waals surface area contributed by atoms with Crippen molar-refractivity contribution in [3.8, 4) is 33.4 Å². The highest BCUT2D eigenvalue weighted by Crippen LogP contribution is 2.53. The van der Waals surface area contributed by atoms with E-state index in [0.717, 1.165) is 102 Å². The average Bonchev–Trinajstić information content (AvgIpc) is 0.950. The van der Waals surface area contributed by atoms with Gasteiger partial charge in [-0.15, -0.1) is 0 Å². The Balaban J connectivity index is 0.000000102. The highest BCUT2D eigenvalue weighted by Gasteiger charge is 2.36. The summed E-state index contributed by atoms with van der Waals surface area (Å²) in [5.41, 5.74) is 7.41. The highest BCUT2D eigenvalue weighted by atomic mass is 31.2. The van der Waals surface area contributed by atoms with Gasteiger partial charge in [0.05, 0.1) is 0 Å². The van der Waals surface area contributed by atoms with Crippen molar-refractivity contribution in [1.29, 1.82) is 0 Å². The van der Waals surface area contributed by atoms with Gasteiger partial charge < -0.3 is 18.3 Å². The van der Waals surface area contributed by atoms with Gasteiger partial charge in [-0.05, 0) is 165 Å². The topological polar surface area (TPSA) is 68.3 Å². The van der Waals surface area contributed by atoms with Crippen LogP contribution in [0.3, 0.4) is 0 Å². The maximum absolute atomic E-state index is 15.2. The molecule has 8 heteroatoms. The van der Waals surface area contributed by atoms with Crippen molar-refractivity contribution in [2.45, 2.75) is 0 Å². The van der Waals surface area contributed by atoms with E-state index in [1.54, 1.807) is 0 Å². The van der Waals surface area contributed by atoms with E-state index in [4.69, 9.17) is 0 Å². The molecule has 130 heavy (non-hydrogen) atoms. The van der Waals surface area contributed by atoms with Crippen LogP contribution in [-0.2, 0) is 18.3 Å². The molecule has 0 amide bonds. The van der Waals surface area contributed by atoms with Gasteiger partial charge in [0.1, 0.15) is 0 Å². The first-order chi connectivity index (χ1) is 64.1. The van der Waals surface area contributed by atoms with Gasteiger partial charge in [0, 0.05) is 63.7 Å². The van der Waals surface area contributed by atoms with Crippen LogP contribution in [0.5, 0.6) is 0 Å². The monoisotopic (exact) mass is 1740 g/mol. The normalized spacial score (nSPS) is 12.0. The van der Waals surface area contributed by atoms with Crippen LogP contribution in [0.25, 0.3) is 141 Å². The Hall–Kier alpha value is -14.9. The smallest absolute Gasteiger partial charge is 0.171 e. The molecule has 1 aliphatic rings. The fourth-order valence-corrected chi connectivity index (χ4v) is 31.2. The second-order valence-corrected chi connectivity index (χ2v) is 44.2. The number of hydrogen-bond acceptors (Lipinski definition) is 4. The Labute approximate surface area is 755 Å². The Morgan fingerprint density at radius 2 is 0.408 bits per heavy atom. The van der Waals surface area contributed by atoms with Gasteiger partial charge in [0.2, 0.25) is 0 Å². The third-order valence-corrected chi connectivity index (χ3v) is 38.4. The number of hydrogen-bond donors (Lipinski definition) is 0. The number of benzene rings is 24. The largest absolute Gasteiger partial charge is 0.309 e. The molecule has 24 aromatic rings. The third-order valence-electron chi connectivity index (χ3n) is 26.0. The molecule has 4 nitrogen and oxygen atoms in total. The fraction of sp³-hybridized carbons (Fsp3) is 0. The fourth-order valence-electron chi connectivity index (χ4n) is 20.1. The quantitative estimate of drug-likeness (QED) is 0.0655. The molecule has 0 aromatic heterocycles. The molecule has 0 saturated heterocycles. The van der Waals surface area contributed by atoms with E-state index in [2.05, 4.69) is 243 Å². The van der Waals surface area contributed by atoms with Gasteiger partial charge in [0.15, 0.2) is 28.6 Å². The molecule has 0 fully saturated rings. The molecule has 616 valence electrons. The van der Waals surface area contributed by atoms with Gasteiger partial charge in [-0.3, -0.25) is 0 Å². The van der Waals surface area contributed by atoms with Crippen LogP contribution in [0.15, 0.2) is 510 Å². The van der Waals surface area contributed by atoms with Crippen LogP contribution >= 0.6 is 28.6 Å². The van der Waals surface area contributed by atoms with E-state index in [0.29, 0.717) is 0 Å². The van der Waals surface area contributed by atoms with E-state index in [-0.39, 0.29) is 0 Å². The maximum atomic E-state index is 15.2. The molecule has 0 atom stereocenters. The second kappa shape index (κ2) is 34.0. The molecule has 0 unspecified atom stereocenters. The zero-order valence-corrected chi connectivity index (χ0v) is 74.5. The van der Waals surface area contributed by atoms with Gasteiger partial charge >= 0.3 is 0 Å². The van der Waals surface area contributed by atoms with E-state index in [1.807, 2.05) is 267 Å². The minimum Gasteiger partial charge on any atom is -0.309 e. The lowest BCUT2D eigenvalue weighted by Gasteiger charge is -2.23. The summed E-state index contributed by atoms with van der Waals surface area (Å²) in [5.74, 6) is 0. The van der Waals surface area contributed by atoms with Crippen molar-refractivity contribution in [3.05, 3.63) is 510 Å². The Bertz CT molecular complexity index is 8370. The molecule has 1 aliphatic carbocycles. The van der Waals surface area contributed by atoms with Crippen molar-refractivity contribution >= 4 is 200 Å². The molecule has 0 heterocycles. The lowest BCUT2D eigenvalue weighted by molar-refractivity contribution is 0.591. The summed E-state index contributed by atoms with van der Waals surface area (Å²) in [6, 6.07) is 173. The summed E-state index contributed by atoms with van der Waals surface area (Å²) in [6.07, 6.45) is 0. The molecule has 24 aromatic carbocycles. The predicted molar refractivity (Wildman–Crippen MR) is 559 cm³/mol. The zero-order chi connectivity index (χ0) is 87.3. The lowest BCUT2D eigenvalue weighted by atomic mass is 9.90. The van der Waals surface area contributed by atoms with Crippen LogP contribution < -0.4 is 63.7 Å². The first kappa shape index (κ1) is 80.9. The van der Waals surface area contributed by atoms with Crippen LogP contribution in [0.1, 0.15) is 0 Å². The molecule has 0 bridgehead atoms. The van der Waals surface area contributed by atoms with E-state index < -0.39 is 28.6 Å². The van der Waals surface area contributed by atoms with E-state index in [9.17, 15) is 13.7 Å². The highest BCUT2D eigenvalue weighted by molar-refractivity contribution is 7.87. The summed E-state index contributed by atoms with van der Waals surface area (Å²) in [5, 5.41) is 34.4. The molecule has 25 rings (SSSR count).